The molecule has 0 amide bonds. The van der Waals surface area contributed by atoms with E-state index in [1.807, 2.05) is 13.0 Å². The second-order valence-electron chi connectivity index (χ2n) is 12.7. The molecule has 5 atom stereocenters. The van der Waals surface area contributed by atoms with Gasteiger partial charge in [-0.1, -0.05) is 30.9 Å². The monoisotopic (exact) mass is 498 g/mol. The van der Waals surface area contributed by atoms with E-state index in [9.17, 15) is 9.90 Å². The third-order valence-electron chi connectivity index (χ3n) is 10.8. The fourth-order valence-corrected chi connectivity index (χ4v) is 9.00. The van der Waals surface area contributed by atoms with E-state index in [-0.39, 0.29) is 17.1 Å². The average molecular weight is 499 g/mol. The number of hydrogen-bond donors (Lipinski definition) is 1. The lowest BCUT2D eigenvalue weighted by Crippen LogP contribution is -2.51. The van der Waals surface area contributed by atoms with Gasteiger partial charge in [-0.15, -0.1) is 5.92 Å². The molecule has 1 spiro atoms. The molecule has 4 heteroatoms. The Morgan fingerprint density at radius 3 is 2.62 bits per heavy atom. The second-order valence-corrected chi connectivity index (χ2v) is 12.7. The van der Waals surface area contributed by atoms with Crippen LogP contribution in [0.1, 0.15) is 102 Å². The van der Waals surface area contributed by atoms with Crippen molar-refractivity contribution in [2.24, 2.45) is 17.3 Å². The van der Waals surface area contributed by atoms with E-state index in [1.54, 1.807) is 0 Å². The summed E-state index contributed by atoms with van der Waals surface area (Å²) in [6.45, 7) is 4.14. The third-order valence-corrected chi connectivity index (χ3v) is 10.8. The molecule has 37 heavy (non-hydrogen) atoms. The molecule has 5 aliphatic carbocycles. The van der Waals surface area contributed by atoms with E-state index in [4.69, 9.17) is 9.47 Å². The first-order chi connectivity index (χ1) is 17.8. The van der Waals surface area contributed by atoms with Crippen LogP contribution < -0.4 is 9.47 Å². The number of carbonyl (C=O) groups excluding carboxylic acids is 1. The van der Waals surface area contributed by atoms with Crippen LogP contribution >= 0.6 is 0 Å². The quantitative estimate of drug-likeness (QED) is 0.434. The number of carbonyl (C=O) groups is 1. The van der Waals surface area contributed by atoms with Crippen LogP contribution in [0.5, 0.6) is 11.5 Å². The summed E-state index contributed by atoms with van der Waals surface area (Å²) >= 11 is 0. The third kappa shape index (κ3) is 3.42. The highest BCUT2D eigenvalue weighted by atomic mass is 16.7. The zero-order chi connectivity index (χ0) is 25.4. The minimum atomic E-state index is -0.956. The molecule has 5 unspecified atom stereocenters. The van der Waals surface area contributed by atoms with E-state index in [0.717, 1.165) is 75.7 Å². The van der Waals surface area contributed by atoms with Crippen molar-refractivity contribution in [2.45, 2.75) is 108 Å². The molecule has 3 saturated carbocycles. The minimum Gasteiger partial charge on any atom is -0.448 e. The van der Waals surface area contributed by atoms with E-state index in [1.165, 1.54) is 28.7 Å². The second kappa shape index (κ2) is 8.24. The first kappa shape index (κ1) is 23.6. The fourth-order valence-electron chi connectivity index (χ4n) is 9.00. The van der Waals surface area contributed by atoms with Crippen LogP contribution in [0.4, 0.5) is 0 Å². The smallest absolute Gasteiger partial charge is 0.251 e. The normalized spacial score (nSPS) is 37.3. The van der Waals surface area contributed by atoms with Gasteiger partial charge in [0.2, 0.25) is 0 Å². The van der Waals surface area contributed by atoms with Gasteiger partial charge in [-0.3, -0.25) is 4.79 Å². The Morgan fingerprint density at radius 2 is 1.81 bits per heavy atom. The van der Waals surface area contributed by atoms with Crippen molar-refractivity contribution in [1.29, 1.82) is 0 Å². The summed E-state index contributed by atoms with van der Waals surface area (Å²) in [5.41, 5.74) is 4.25. The molecule has 1 aromatic rings. The molecule has 6 aliphatic rings. The number of ketones is 1. The van der Waals surface area contributed by atoms with Crippen LogP contribution in [0.15, 0.2) is 41.0 Å². The highest BCUT2D eigenvalue weighted by Crippen LogP contribution is 2.67. The summed E-state index contributed by atoms with van der Waals surface area (Å²) in [6.07, 6.45) is 13.5. The van der Waals surface area contributed by atoms with Gasteiger partial charge in [0.15, 0.2) is 17.3 Å². The van der Waals surface area contributed by atoms with Crippen molar-refractivity contribution in [3.63, 3.8) is 0 Å². The standard InChI is InChI=1S/C33H38O4/c1-3-14-32(35)17-13-27-25-10-7-21-18-23(34)9-11-24(21)30(25)26(20-31(27,32)2)22-8-12-28-29(19-22)37-33(36-28)15-5-4-6-16-33/h8,12,18-19,25-27,35H,4-7,9-11,13,15-17,20H2,1-2H3. The van der Waals surface area contributed by atoms with Gasteiger partial charge in [0.1, 0.15) is 5.60 Å². The fraction of sp³-hybridized carbons (Fsp3) is 0.606. The Morgan fingerprint density at radius 1 is 1.00 bits per heavy atom. The molecule has 1 aliphatic heterocycles. The Labute approximate surface area is 220 Å². The molecule has 0 saturated heterocycles. The van der Waals surface area contributed by atoms with Crippen molar-refractivity contribution in [2.75, 3.05) is 0 Å². The van der Waals surface area contributed by atoms with Gasteiger partial charge in [0.05, 0.1) is 0 Å². The van der Waals surface area contributed by atoms with E-state index in [2.05, 4.69) is 37.0 Å². The molecular weight excluding hydrogens is 460 g/mol. The molecule has 0 radical (unpaired) electrons. The van der Waals surface area contributed by atoms with E-state index < -0.39 is 11.4 Å². The summed E-state index contributed by atoms with van der Waals surface area (Å²) < 4.78 is 12.9. The van der Waals surface area contributed by atoms with Crippen molar-refractivity contribution >= 4 is 5.78 Å². The molecule has 3 fully saturated rings. The van der Waals surface area contributed by atoms with Crippen LogP contribution in [0.3, 0.4) is 0 Å². The summed E-state index contributed by atoms with van der Waals surface area (Å²) in [6, 6.07) is 6.57. The SMILES string of the molecule is CC#CC1(O)CCC2C3CCC4=CC(=O)CCC4=C3C(c3ccc4c(c3)OC3(CCCCC3)O4)CC21C. The van der Waals surface area contributed by atoms with Crippen LogP contribution in [-0.4, -0.2) is 22.3 Å². The van der Waals surface area contributed by atoms with Crippen molar-refractivity contribution in [1.82, 2.24) is 0 Å². The molecule has 1 N–H and O–H groups in total. The summed E-state index contributed by atoms with van der Waals surface area (Å²) in [4.78, 5) is 12.3. The Kier molecular flexibility index (Phi) is 5.26. The zero-order valence-electron chi connectivity index (χ0n) is 22.2. The van der Waals surface area contributed by atoms with Gasteiger partial charge >= 0.3 is 0 Å². The van der Waals surface area contributed by atoms with Gasteiger partial charge in [-0.25, -0.2) is 0 Å². The van der Waals surface area contributed by atoms with Crippen LogP contribution in [0.2, 0.25) is 0 Å². The first-order valence-electron chi connectivity index (χ1n) is 14.5. The topological polar surface area (TPSA) is 55.8 Å². The maximum atomic E-state index is 12.3. The zero-order valence-corrected chi connectivity index (χ0v) is 22.2. The van der Waals surface area contributed by atoms with Crippen LogP contribution in [-0.2, 0) is 4.79 Å². The van der Waals surface area contributed by atoms with Gasteiger partial charge in [0.25, 0.3) is 5.79 Å². The van der Waals surface area contributed by atoms with Crippen molar-refractivity contribution in [3.8, 4) is 23.3 Å². The van der Waals surface area contributed by atoms with Crippen LogP contribution in [0, 0.1) is 29.1 Å². The van der Waals surface area contributed by atoms with Gasteiger partial charge in [-0.05, 0) is 105 Å². The summed E-state index contributed by atoms with van der Waals surface area (Å²) in [7, 11) is 0. The lowest BCUT2D eigenvalue weighted by Gasteiger charge is -2.53. The molecule has 0 aromatic heterocycles. The first-order valence-corrected chi connectivity index (χ1v) is 14.5. The van der Waals surface area contributed by atoms with Gasteiger partial charge in [-0.2, -0.15) is 0 Å². The molecule has 0 bridgehead atoms. The van der Waals surface area contributed by atoms with Crippen molar-refractivity contribution < 1.29 is 19.4 Å². The predicted molar refractivity (Wildman–Crippen MR) is 142 cm³/mol. The number of allylic oxidation sites excluding steroid dienone is 4. The van der Waals surface area contributed by atoms with Crippen LogP contribution in [0.25, 0.3) is 0 Å². The molecule has 7 rings (SSSR count). The number of fused-ring (bicyclic) bond motifs is 5. The maximum absolute atomic E-state index is 12.3. The lowest BCUT2D eigenvalue weighted by molar-refractivity contribution is -0.114. The maximum Gasteiger partial charge on any atom is 0.251 e. The molecule has 1 aromatic carbocycles. The average Bonchev–Trinajstić information content (AvgIpc) is 3.36. The summed E-state index contributed by atoms with van der Waals surface area (Å²) in [5, 5.41) is 11.9. The Balaban J connectivity index is 1.34. The Hall–Kier alpha value is -2.51. The number of aliphatic hydroxyl groups is 1. The molecule has 1 heterocycles. The predicted octanol–water partition coefficient (Wildman–Crippen LogP) is 6.77. The van der Waals surface area contributed by atoms with Gasteiger partial charge in [0, 0.05) is 30.6 Å². The van der Waals surface area contributed by atoms with Crippen molar-refractivity contribution in [3.05, 3.63) is 46.6 Å². The van der Waals surface area contributed by atoms with E-state index >= 15 is 0 Å². The number of ether oxygens (including phenoxy) is 2. The largest absolute Gasteiger partial charge is 0.448 e. The minimum absolute atomic E-state index is 0.179. The van der Waals surface area contributed by atoms with E-state index in [0.29, 0.717) is 18.3 Å². The molecule has 194 valence electrons. The Bertz CT molecular complexity index is 1280. The van der Waals surface area contributed by atoms with Gasteiger partial charge < -0.3 is 14.6 Å². The highest BCUT2D eigenvalue weighted by molar-refractivity contribution is 5.93. The highest BCUT2D eigenvalue weighted by Gasteiger charge is 2.62. The number of benzene rings is 1. The molecule has 4 nitrogen and oxygen atoms in total. The summed E-state index contributed by atoms with van der Waals surface area (Å²) in [5.74, 6) is 8.85. The lowest BCUT2D eigenvalue weighted by atomic mass is 9.51. The number of rotatable bonds is 1. The number of hydrogen-bond acceptors (Lipinski definition) is 4. The molecular formula is C33H38O4.